The highest BCUT2D eigenvalue weighted by molar-refractivity contribution is 5.81. The predicted molar refractivity (Wildman–Crippen MR) is 108 cm³/mol. The highest BCUT2D eigenvalue weighted by atomic mass is 16.7. The molecule has 9 heteroatoms. The molecule has 9 nitrogen and oxygen atoms in total. The van der Waals surface area contributed by atoms with Crippen LogP contribution in [0.25, 0.3) is 22.3 Å². The summed E-state index contributed by atoms with van der Waals surface area (Å²) in [6.07, 6.45) is -8.66. The van der Waals surface area contributed by atoms with Crippen LogP contribution in [0.4, 0.5) is 0 Å². The topological polar surface area (TPSA) is 147 Å². The zero-order chi connectivity index (χ0) is 22.3. The average molecular weight is 428 g/mol. The van der Waals surface area contributed by atoms with Crippen molar-refractivity contribution in [2.24, 2.45) is 0 Å². The number of fused-ring (bicyclic) bond motifs is 1. The molecule has 1 fully saturated rings. The molecule has 4 N–H and O–H groups in total. The molecule has 1 aliphatic heterocycles. The smallest absolute Gasteiger partial charge is 0.335 e. The number of aliphatic hydroxyl groups excluding tert-OH is 3. The summed E-state index contributed by atoms with van der Waals surface area (Å²) in [6.45, 7) is 1.67. The Morgan fingerprint density at radius 3 is 2.39 bits per heavy atom. The van der Waals surface area contributed by atoms with Crippen LogP contribution in [-0.2, 0) is 9.53 Å². The summed E-state index contributed by atoms with van der Waals surface area (Å²) in [5.41, 5.74) is 1.16. The zero-order valence-electron chi connectivity index (χ0n) is 16.3. The molecule has 1 unspecified atom stereocenters. The highest BCUT2D eigenvalue weighted by Gasteiger charge is 2.48. The molecule has 5 atom stereocenters. The first-order valence-electron chi connectivity index (χ1n) is 9.50. The fraction of sp³-hybridized carbons (Fsp3) is 0.273. The lowest BCUT2D eigenvalue weighted by Crippen LogP contribution is -2.61. The number of carboxylic acid groups (broad SMARTS) is 1. The minimum atomic E-state index is -1.82. The van der Waals surface area contributed by atoms with Gasteiger partial charge in [0, 0.05) is 17.2 Å². The van der Waals surface area contributed by atoms with E-state index in [0.717, 1.165) is 5.56 Å². The molecule has 3 aromatic rings. The Labute approximate surface area is 175 Å². The summed E-state index contributed by atoms with van der Waals surface area (Å²) in [5.74, 6) is -1.01. The summed E-state index contributed by atoms with van der Waals surface area (Å²) in [6, 6.07) is 13.4. The summed E-state index contributed by atoms with van der Waals surface area (Å²) >= 11 is 0. The molecule has 2 heterocycles. The summed E-state index contributed by atoms with van der Waals surface area (Å²) in [7, 11) is 0. The van der Waals surface area contributed by atoms with Crippen LogP contribution >= 0.6 is 0 Å². The van der Waals surface area contributed by atoms with Crippen LogP contribution in [0.5, 0.6) is 5.75 Å². The molecule has 0 aliphatic carbocycles. The van der Waals surface area contributed by atoms with Crippen molar-refractivity contribution in [2.45, 2.75) is 37.6 Å². The van der Waals surface area contributed by atoms with E-state index in [-0.39, 0.29) is 16.8 Å². The second-order valence-corrected chi connectivity index (χ2v) is 7.26. The van der Waals surface area contributed by atoms with Gasteiger partial charge in [-0.2, -0.15) is 0 Å². The quantitative estimate of drug-likeness (QED) is 0.478. The molecule has 162 valence electrons. The first-order valence-corrected chi connectivity index (χ1v) is 9.50. The number of rotatable bonds is 4. The monoisotopic (exact) mass is 428 g/mol. The third kappa shape index (κ3) is 3.79. The van der Waals surface area contributed by atoms with E-state index in [4.69, 9.17) is 19.0 Å². The van der Waals surface area contributed by atoms with Gasteiger partial charge in [0.05, 0.1) is 5.39 Å². The van der Waals surface area contributed by atoms with Gasteiger partial charge < -0.3 is 34.3 Å². The van der Waals surface area contributed by atoms with Gasteiger partial charge in [0.25, 0.3) is 0 Å². The molecular formula is C22H20O9. The fourth-order valence-electron chi connectivity index (χ4n) is 3.49. The normalized spacial score (nSPS) is 26.0. The number of carbonyl (C=O) groups is 1. The van der Waals surface area contributed by atoms with Crippen LogP contribution in [0.3, 0.4) is 0 Å². The van der Waals surface area contributed by atoms with Crippen molar-refractivity contribution >= 4 is 16.9 Å². The minimum Gasteiger partial charge on any atom is -0.479 e. The van der Waals surface area contributed by atoms with Crippen LogP contribution in [0, 0.1) is 6.92 Å². The SMILES string of the molecule is Cc1c(-c2ccccc2)oc2cc(OC3O[C@H](C(=O)O)[C@@H](O)[C@H](O)[C@H]3O)ccc2c1=O. The molecule has 2 aromatic carbocycles. The van der Waals surface area contributed by atoms with Crippen molar-refractivity contribution in [2.75, 3.05) is 0 Å². The first kappa shape index (κ1) is 21.0. The second kappa shape index (κ2) is 8.12. The molecule has 0 radical (unpaired) electrons. The number of carboxylic acids is 1. The number of aliphatic carboxylic acids is 1. The van der Waals surface area contributed by atoms with Crippen LogP contribution < -0.4 is 10.2 Å². The molecule has 4 rings (SSSR count). The Bertz CT molecular complexity index is 1170. The van der Waals surface area contributed by atoms with Crippen molar-refractivity contribution < 1.29 is 39.1 Å². The standard InChI is InChI=1S/C22H20O9/c1-10-15(23)13-8-7-12(9-14(13)30-19(10)11-5-3-2-4-6-11)29-22-18(26)16(24)17(25)20(31-22)21(27)28/h2-9,16-18,20,22,24-26H,1H3,(H,27,28)/t16-,17-,18+,20-,22?/m0/s1. The lowest BCUT2D eigenvalue weighted by molar-refractivity contribution is -0.271. The maximum Gasteiger partial charge on any atom is 0.335 e. The van der Waals surface area contributed by atoms with E-state index in [2.05, 4.69) is 0 Å². The van der Waals surface area contributed by atoms with Gasteiger partial charge in [-0.05, 0) is 19.1 Å². The molecule has 31 heavy (non-hydrogen) atoms. The molecule has 1 saturated heterocycles. The molecular weight excluding hydrogens is 408 g/mol. The molecule has 0 bridgehead atoms. The van der Waals surface area contributed by atoms with Crippen LogP contribution in [0.15, 0.2) is 57.7 Å². The zero-order valence-corrected chi connectivity index (χ0v) is 16.3. The van der Waals surface area contributed by atoms with Crippen molar-refractivity contribution in [1.82, 2.24) is 0 Å². The lowest BCUT2D eigenvalue weighted by atomic mass is 9.99. The van der Waals surface area contributed by atoms with Crippen LogP contribution in [0.1, 0.15) is 5.56 Å². The Morgan fingerprint density at radius 2 is 1.71 bits per heavy atom. The Hall–Kier alpha value is -3.24. The van der Waals surface area contributed by atoms with Crippen LogP contribution in [-0.4, -0.2) is 57.1 Å². The van der Waals surface area contributed by atoms with Gasteiger partial charge in [0.2, 0.25) is 6.29 Å². The van der Waals surface area contributed by atoms with E-state index < -0.39 is 36.7 Å². The Morgan fingerprint density at radius 1 is 1.00 bits per heavy atom. The third-order valence-electron chi connectivity index (χ3n) is 5.19. The number of hydrogen-bond donors (Lipinski definition) is 4. The molecule has 0 amide bonds. The third-order valence-corrected chi connectivity index (χ3v) is 5.19. The van der Waals surface area contributed by atoms with Gasteiger partial charge in [-0.1, -0.05) is 30.3 Å². The number of hydrogen-bond acceptors (Lipinski definition) is 8. The average Bonchev–Trinajstić information content (AvgIpc) is 2.77. The van der Waals surface area contributed by atoms with Crippen molar-refractivity contribution in [3.05, 3.63) is 64.3 Å². The minimum absolute atomic E-state index is 0.107. The van der Waals surface area contributed by atoms with Crippen molar-refractivity contribution in [3.63, 3.8) is 0 Å². The maximum atomic E-state index is 12.8. The van der Waals surface area contributed by atoms with Gasteiger partial charge in [-0.15, -0.1) is 0 Å². The van der Waals surface area contributed by atoms with E-state index in [9.17, 15) is 24.9 Å². The Balaban J connectivity index is 1.70. The summed E-state index contributed by atoms with van der Waals surface area (Å²) < 4.78 is 16.6. The molecule has 0 saturated carbocycles. The van der Waals surface area contributed by atoms with E-state index >= 15 is 0 Å². The van der Waals surface area contributed by atoms with Crippen molar-refractivity contribution in [3.8, 4) is 17.1 Å². The number of benzene rings is 2. The molecule has 1 aromatic heterocycles. The summed E-state index contributed by atoms with van der Waals surface area (Å²) in [5, 5.41) is 39.3. The highest BCUT2D eigenvalue weighted by Crippen LogP contribution is 2.29. The lowest BCUT2D eigenvalue weighted by Gasteiger charge is -2.38. The van der Waals surface area contributed by atoms with E-state index in [0.29, 0.717) is 16.7 Å². The largest absolute Gasteiger partial charge is 0.479 e. The van der Waals surface area contributed by atoms with Gasteiger partial charge in [-0.3, -0.25) is 4.79 Å². The van der Waals surface area contributed by atoms with Crippen molar-refractivity contribution in [1.29, 1.82) is 0 Å². The first-order chi connectivity index (χ1) is 14.8. The summed E-state index contributed by atoms with van der Waals surface area (Å²) in [4.78, 5) is 24.0. The molecule has 1 aliphatic rings. The predicted octanol–water partition coefficient (Wildman–Crippen LogP) is 1.04. The number of aliphatic hydroxyl groups is 3. The fourth-order valence-corrected chi connectivity index (χ4v) is 3.49. The molecule has 0 spiro atoms. The maximum absolute atomic E-state index is 12.8. The van der Waals surface area contributed by atoms with E-state index in [1.165, 1.54) is 18.2 Å². The van der Waals surface area contributed by atoms with Gasteiger partial charge >= 0.3 is 5.97 Å². The second-order valence-electron chi connectivity index (χ2n) is 7.26. The van der Waals surface area contributed by atoms with Gasteiger partial charge in [0.1, 0.15) is 35.4 Å². The van der Waals surface area contributed by atoms with Gasteiger partial charge in [0.15, 0.2) is 11.5 Å². The van der Waals surface area contributed by atoms with E-state index in [1.54, 1.807) is 6.92 Å². The Kier molecular flexibility index (Phi) is 5.50. The van der Waals surface area contributed by atoms with Crippen LogP contribution in [0.2, 0.25) is 0 Å². The van der Waals surface area contributed by atoms with Gasteiger partial charge in [-0.25, -0.2) is 4.79 Å². The number of ether oxygens (including phenoxy) is 2. The van der Waals surface area contributed by atoms with E-state index in [1.807, 2.05) is 30.3 Å².